The summed E-state index contributed by atoms with van der Waals surface area (Å²) >= 11 is 0. The Morgan fingerprint density at radius 2 is 2.16 bits per heavy atom. The first kappa shape index (κ1) is 12.4. The molecule has 2 heterocycles. The second-order valence-corrected chi connectivity index (χ2v) is 5.45. The van der Waals surface area contributed by atoms with E-state index in [-0.39, 0.29) is 5.91 Å². The molecule has 1 amide bonds. The molecular weight excluding hydrogens is 240 g/mol. The molecule has 5 heteroatoms. The van der Waals surface area contributed by atoms with E-state index < -0.39 is 0 Å². The van der Waals surface area contributed by atoms with Gasteiger partial charge in [0.25, 0.3) is 0 Å². The lowest BCUT2D eigenvalue weighted by Gasteiger charge is -2.16. The Hall–Kier alpha value is -1.65. The van der Waals surface area contributed by atoms with Crippen LogP contribution in [0.25, 0.3) is 0 Å². The van der Waals surface area contributed by atoms with Gasteiger partial charge in [-0.05, 0) is 37.7 Å². The smallest absolute Gasteiger partial charge is 0.220 e. The molecule has 0 bridgehead atoms. The van der Waals surface area contributed by atoms with Gasteiger partial charge in [0.2, 0.25) is 5.91 Å². The highest BCUT2D eigenvalue weighted by molar-refractivity contribution is 5.76. The zero-order valence-electron chi connectivity index (χ0n) is 11.1. The van der Waals surface area contributed by atoms with Crippen LogP contribution in [0.15, 0.2) is 12.3 Å². The Morgan fingerprint density at radius 1 is 1.37 bits per heavy atom. The maximum absolute atomic E-state index is 11.6. The van der Waals surface area contributed by atoms with Crippen molar-refractivity contribution in [2.24, 2.45) is 5.92 Å². The summed E-state index contributed by atoms with van der Waals surface area (Å²) in [5.74, 6) is 2.43. The van der Waals surface area contributed by atoms with Crippen LogP contribution in [0.3, 0.4) is 0 Å². The molecule has 1 saturated heterocycles. The Kier molecular flexibility index (Phi) is 3.62. The van der Waals surface area contributed by atoms with Crippen molar-refractivity contribution in [1.29, 1.82) is 0 Å². The van der Waals surface area contributed by atoms with Crippen LogP contribution >= 0.6 is 0 Å². The molecule has 1 N–H and O–H groups in total. The van der Waals surface area contributed by atoms with Crippen LogP contribution in [0.2, 0.25) is 0 Å². The molecule has 0 atom stereocenters. The molecule has 0 radical (unpaired) electrons. The number of aromatic nitrogens is 2. The van der Waals surface area contributed by atoms with Crippen molar-refractivity contribution in [3.05, 3.63) is 18.1 Å². The van der Waals surface area contributed by atoms with Gasteiger partial charge in [-0.2, -0.15) is 0 Å². The van der Waals surface area contributed by atoms with Crippen molar-refractivity contribution in [2.75, 3.05) is 18.0 Å². The first-order chi connectivity index (χ1) is 9.31. The van der Waals surface area contributed by atoms with Gasteiger partial charge in [-0.1, -0.05) is 0 Å². The lowest BCUT2D eigenvalue weighted by molar-refractivity contribution is -0.121. The molecule has 1 aliphatic carbocycles. The van der Waals surface area contributed by atoms with Gasteiger partial charge in [0.05, 0.1) is 6.54 Å². The predicted octanol–water partition coefficient (Wildman–Crippen LogP) is 1.49. The lowest BCUT2D eigenvalue weighted by Crippen LogP contribution is -2.25. The monoisotopic (exact) mass is 260 g/mol. The van der Waals surface area contributed by atoms with Crippen molar-refractivity contribution in [3.63, 3.8) is 0 Å². The van der Waals surface area contributed by atoms with Crippen molar-refractivity contribution in [2.45, 2.75) is 38.6 Å². The summed E-state index contributed by atoms with van der Waals surface area (Å²) < 4.78 is 0. The minimum atomic E-state index is 0.123. The highest BCUT2D eigenvalue weighted by Crippen LogP contribution is 2.32. The maximum Gasteiger partial charge on any atom is 0.220 e. The Labute approximate surface area is 113 Å². The molecule has 1 aliphatic heterocycles. The summed E-state index contributed by atoms with van der Waals surface area (Å²) in [5.41, 5.74) is 0. The largest absolute Gasteiger partial charge is 0.357 e. The summed E-state index contributed by atoms with van der Waals surface area (Å²) in [5, 5.41) is 2.91. The Balaban J connectivity index is 1.54. The van der Waals surface area contributed by atoms with E-state index in [1.807, 2.05) is 6.07 Å². The second-order valence-electron chi connectivity index (χ2n) is 5.45. The van der Waals surface area contributed by atoms with Crippen LogP contribution in [-0.4, -0.2) is 29.0 Å². The van der Waals surface area contributed by atoms with Gasteiger partial charge in [-0.25, -0.2) is 9.97 Å². The van der Waals surface area contributed by atoms with Crippen LogP contribution in [0.4, 0.5) is 5.82 Å². The number of nitrogens with zero attached hydrogens (tertiary/aromatic N) is 3. The quantitative estimate of drug-likeness (QED) is 0.871. The van der Waals surface area contributed by atoms with Crippen molar-refractivity contribution < 1.29 is 4.79 Å². The molecular formula is C14H20N4O. The molecule has 1 aromatic rings. The number of nitrogens with one attached hydrogen (secondary N) is 1. The third-order valence-electron chi connectivity index (χ3n) is 3.74. The third-order valence-corrected chi connectivity index (χ3v) is 3.74. The van der Waals surface area contributed by atoms with Gasteiger partial charge in [0.15, 0.2) is 0 Å². The molecule has 19 heavy (non-hydrogen) atoms. The molecule has 3 rings (SSSR count). The molecule has 2 fully saturated rings. The SMILES string of the molecule is O=C(CC1CC1)NCc1nccc(N2CCCC2)n1. The van der Waals surface area contributed by atoms with Crippen LogP contribution in [0.5, 0.6) is 0 Å². The van der Waals surface area contributed by atoms with E-state index in [0.717, 1.165) is 18.9 Å². The van der Waals surface area contributed by atoms with Crippen molar-refractivity contribution >= 4 is 11.7 Å². The summed E-state index contributed by atoms with van der Waals surface area (Å²) in [6, 6.07) is 1.95. The fourth-order valence-corrected chi connectivity index (χ4v) is 2.43. The number of carbonyl (C=O) groups is 1. The van der Waals surface area contributed by atoms with Gasteiger partial charge < -0.3 is 10.2 Å². The molecule has 1 aromatic heterocycles. The minimum absolute atomic E-state index is 0.123. The number of hydrogen-bond donors (Lipinski definition) is 1. The van der Waals surface area contributed by atoms with Gasteiger partial charge >= 0.3 is 0 Å². The zero-order valence-corrected chi connectivity index (χ0v) is 11.1. The number of hydrogen-bond acceptors (Lipinski definition) is 4. The standard InChI is InChI=1S/C14H20N4O/c19-14(9-11-3-4-11)16-10-12-15-6-5-13(17-12)18-7-1-2-8-18/h5-6,11H,1-4,7-10H2,(H,16,19). The van der Waals surface area contributed by atoms with Gasteiger partial charge in [0, 0.05) is 25.7 Å². The predicted molar refractivity (Wildman–Crippen MR) is 72.7 cm³/mol. The highest BCUT2D eigenvalue weighted by Gasteiger charge is 2.24. The molecule has 0 unspecified atom stereocenters. The molecule has 102 valence electrons. The van der Waals surface area contributed by atoms with E-state index in [1.54, 1.807) is 6.20 Å². The molecule has 0 aromatic carbocycles. The number of carbonyl (C=O) groups excluding carboxylic acids is 1. The summed E-state index contributed by atoms with van der Waals surface area (Å²) in [6.45, 7) is 2.59. The van der Waals surface area contributed by atoms with Crippen LogP contribution in [0, 0.1) is 5.92 Å². The van der Waals surface area contributed by atoms with Crippen molar-refractivity contribution in [3.8, 4) is 0 Å². The molecule has 2 aliphatic rings. The summed E-state index contributed by atoms with van der Waals surface area (Å²) in [7, 11) is 0. The van der Waals surface area contributed by atoms with Crippen LogP contribution < -0.4 is 10.2 Å². The number of rotatable bonds is 5. The summed E-state index contributed by atoms with van der Waals surface area (Å²) in [4.78, 5) is 22.7. The van der Waals surface area contributed by atoms with E-state index in [9.17, 15) is 4.79 Å². The van der Waals surface area contributed by atoms with E-state index in [1.165, 1.54) is 25.7 Å². The molecule has 1 saturated carbocycles. The first-order valence-corrected chi connectivity index (χ1v) is 7.15. The fraction of sp³-hybridized carbons (Fsp3) is 0.643. The second kappa shape index (κ2) is 5.55. The van der Waals surface area contributed by atoms with Crippen molar-refractivity contribution in [1.82, 2.24) is 15.3 Å². The topological polar surface area (TPSA) is 58.1 Å². The molecule has 5 nitrogen and oxygen atoms in total. The average molecular weight is 260 g/mol. The zero-order chi connectivity index (χ0) is 13.1. The Bertz CT molecular complexity index is 453. The third kappa shape index (κ3) is 3.43. The van der Waals surface area contributed by atoms with E-state index in [4.69, 9.17) is 0 Å². The normalized spacial score (nSPS) is 18.6. The lowest BCUT2D eigenvalue weighted by atomic mass is 10.3. The van der Waals surface area contributed by atoms with E-state index in [2.05, 4.69) is 20.2 Å². The minimum Gasteiger partial charge on any atom is -0.357 e. The average Bonchev–Trinajstić information content (AvgIpc) is 3.07. The fourth-order valence-electron chi connectivity index (χ4n) is 2.43. The van der Waals surface area contributed by atoms with Crippen LogP contribution in [0.1, 0.15) is 37.9 Å². The van der Waals surface area contributed by atoms with E-state index >= 15 is 0 Å². The van der Waals surface area contributed by atoms with E-state index in [0.29, 0.717) is 24.7 Å². The van der Waals surface area contributed by atoms with Crippen LogP contribution in [-0.2, 0) is 11.3 Å². The van der Waals surface area contributed by atoms with Gasteiger partial charge in [-0.3, -0.25) is 4.79 Å². The van der Waals surface area contributed by atoms with Gasteiger partial charge in [-0.15, -0.1) is 0 Å². The van der Waals surface area contributed by atoms with Gasteiger partial charge in [0.1, 0.15) is 11.6 Å². The molecule has 0 spiro atoms. The number of amides is 1. The highest BCUT2D eigenvalue weighted by atomic mass is 16.1. The first-order valence-electron chi connectivity index (χ1n) is 7.15. The maximum atomic E-state index is 11.6. The summed E-state index contributed by atoms with van der Waals surface area (Å²) in [6.07, 6.45) is 7.31. The Morgan fingerprint density at radius 3 is 2.89 bits per heavy atom. The number of anilines is 1.